The van der Waals surface area contributed by atoms with E-state index in [0.717, 1.165) is 11.3 Å². The minimum atomic E-state index is -0.174. The van der Waals surface area contributed by atoms with Crippen LogP contribution in [0.1, 0.15) is 22.8 Å². The Morgan fingerprint density at radius 1 is 1.19 bits per heavy atom. The molecule has 2 aromatic rings. The van der Waals surface area contributed by atoms with Crippen LogP contribution in [0.2, 0.25) is 0 Å². The Hall–Kier alpha value is -2.70. The zero-order chi connectivity index (χ0) is 19.4. The summed E-state index contributed by atoms with van der Waals surface area (Å²) in [7, 11) is 0. The summed E-state index contributed by atoms with van der Waals surface area (Å²) < 4.78 is 5.92. The van der Waals surface area contributed by atoms with Gasteiger partial charge in [-0.05, 0) is 55.0 Å². The van der Waals surface area contributed by atoms with Crippen molar-refractivity contribution in [2.45, 2.75) is 6.92 Å². The number of carbonyl (C=O) groups is 2. The largest absolute Gasteiger partial charge is 0.490 e. The third kappa shape index (κ3) is 4.35. The number of anilines is 1. The summed E-state index contributed by atoms with van der Waals surface area (Å²) in [4.78, 5) is 26.2. The van der Waals surface area contributed by atoms with Crippen molar-refractivity contribution in [2.24, 2.45) is 0 Å². The first kappa shape index (κ1) is 19.1. The molecule has 1 aliphatic rings. The summed E-state index contributed by atoms with van der Waals surface area (Å²) >= 11 is 6.63. The summed E-state index contributed by atoms with van der Waals surface area (Å²) in [5, 5.41) is 0. The molecule has 3 rings (SSSR count). The van der Waals surface area contributed by atoms with E-state index in [1.807, 2.05) is 24.3 Å². The number of carbonyl (C=O) groups excluding carboxylic acids is 2. The van der Waals surface area contributed by atoms with E-state index in [-0.39, 0.29) is 11.7 Å². The number of ether oxygens (including phenoxy) is 1. The highest BCUT2D eigenvalue weighted by atomic mass is 32.2. The molecule has 0 saturated carbocycles. The van der Waals surface area contributed by atoms with Crippen LogP contribution >= 0.6 is 24.0 Å². The van der Waals surface area contributed by atoms with Gasteiger partial charge in [0.05, 0.1) is 10.6 Å². The van der Waals surface area contributed by atoms with Crippen LogP contribution in [0.15, 0.2) is 66.1 Å². The van der Waals surface area contributed by atoms with Crippen molar-refractivity contribution in [3.05, 3.63) is 77.2 Å². The molecule has 0 N–H and O–H groups in total. The number of benzene rings is 2. The Balaban J connectivity index is 1.79. The number of thioether (sulfide) groups is 1. The first-order valence-electron chi connectivity index (χ1n) is 8.22. The molecule has 1 amide bonds. The number of hydrogen-bond acceptors (Lipinski definition) is 5. The molecule has 27 heavy (non-hydrogen) atoms. The fourth-order valence-electron chi connectivity index (χ4n) is 2.50. The summed E-state index contributed by atoms with van der Waals surface area (Å²) in [5.41, 5.74) is 2.13. The van der Waals surface area contributed by atoms with Gasteiger partial charge < -0.3 is 4.74 Å². The highest BCUT2D eigenvalue weighted by molar-refractivity contribution is 8.27. The van der Waals surface area contributed by atoms with Crippen LogP contribution in [0.3, 0.4) is 0 Å². The van der Waals surface area contributed by atoms with Crippen LogP contribution in [0.5, 0.6) is 5.75 Å². The lowest BCUT2D eigenvalue weighted by Gasteiger charge is -2.14. The Bertz CT molecular complexity index is 931. The highest BCUT2D eigenvalue weighted by Crippen LogP contribution is 2.36. The monoisotopic (exact) mass is 395 g/mol. The van der Waals surface area contributed by atoms with Gasteiger partial charge in [-0.2, -0.15) is 0 Å². The highest BCUT2D eigenvalue weighted by Gasteiger charge is 2.33. The van der Waals surface area contributed by atoms with E-state index < -0.39 is 0 Å². The number of thiocarbonyl (C=S) groups is 1. The topological polar surface area (TPSA) is 46.6 Å². The molecule has 6 heteroatoms. The molecule has 0 unspecified atom stereocenters. The second kappa shape index (κ2) is 8.33. The van der Waals surface area contributed by atoms with Crippen LogP contribution in [0.4, 0.5) is 5.69 Å². The van der Waals surface area contributed by atoms with Crippen molar-refractivity contribution in [2.75, 3.05) is 11.5 Å². The molecule has 0 spiro atoms. The maximum Gasteiger partial charge on any atom is 0.270 e. The number of Topliss-reactive ketones (excluding diaryl/α,β-unsaturated/α-hetero) is 1. The fraction of sp³-hybridized carbons (Fsp3) is 0.0952. The van der Waals surface area contributed by atoms with E-state index in [1.165, 1.54) is 23.6 Å². The first-order chi connectivity index (χ1) is 13.0. The lowest BCUT2D eigenvalue weighted by molar-refractivity contribution is -0.113. The van der Waals surface area contributed by atoms with Crippen LogP contribution < -0.4 is 9.64 Å². The van der Waals surface area contributed by atoms with Crippen molar-refractivity contribution in [3.63, 3.8) is 0 Å². The molecule has 1 saturated heterocycles. The molecular weight excluding hydrogens is 378 g/mol. The van der Waals surface area contributed by atoms with Crippen LogP contribution in [0.25, 0.3) is 6.08 Å². The lowest BCUT2D eigenvalue weighted by atomic mass is 10.1. The molecule has 2 aromatic carbocycles. The van der Waals surface area contributed by atoms with Gasteiger partial charge in [0.1, 0.15) is 12.4 Å². The standard InChI is InChI=1S/C21H17NO3S2/c1-3-12-25-18-10-4-15(5-11-18)13-19-20(24)22(21(26)27-19)17-8-6-16(7-9-17)14(2)23/h3-11,13H,1,12H2,2H3/b19-13-. The molecule has 0 aliphatic carbocycles. The van der Waals surface area contributed by atoms with Crippen molar-refractivity contribution >= 4 is 51.8 Å². The average molecular weight is 396 g/mol. The van der Waals surface area contributed by atoms with E-state index in [4.69, 9.17) is 17.0 Å². The second-order valence-electron chi connectivity index (χ2n) is 5.79. The molecule has 0 radical (unpaired) electrons. The van der Waals surface area contributed by atoms with E-state index in [0.29, 0.717) is 27.1 Å². The van der Waals surface area contributed by atoms with Crippen molar-refractivity contribution in [3.8, 4) is 5.75 Å². The molecule has 4 nitrogen and oxygen atoms in total. The molecular formula is C21H17NO3S2. The zero-order valence-electron chi connectivity index (χ0n) is 14.7. The number of rotatable bonds is 6. The minimum Gasteiger partial charge on any atom is -0.490 e. The normalized spacial score (nSPS) is 15.3. The van der Waals surface area contributed by atoms with Crippen molar-refractivity contribution in [1.82, 2.24) is 0 Å². The van der Waals surface area contributed by atoms with Gasteiger partial charge in [0, 0.05) is 5.56 Å². The summed E-state index contributed by atoms with van der Waals surface area (Å²) in [6.45, 7) is 5.56. The van der Waals surface area contributed by atoms with Gasteiger partial charge in [0.2, 0.25) is 0 Å². The maximum absolute atomic E-state index is 12.8. The number of amides is 1. The first-order valence-corrected chi connectivity index (χ1v) is 9.45. The third-order valence-corrected chi connectivity index (χ3v) is 5.17. The summed E-state index contributed by atoms with van der Waals surface area (Å²) in [5.74, 6) is 0.546. The van der Waals surface area contributed by atoms with Gasteiger partial charge in [0.15, 0.2) is 10.1 Å². The van der Waals surface area contributed by atoms with E-state index >= 15 is 0 Å². The van der Waals surface area contributed by atoms with Crippen molar-refractivity contribution in [1.29, 1.82) is 0 Å². The molecule has 0 bridgehead atoms. The molecule has 1 heterocycles. The molecule has 136 valence electrons. The third-order valence-electron chi connectivity index (χ3n) is 3.87. The molecule has 0 atom stereocenters. The lowest BCUT2D eigenvalue weighted by Crippen LogP contribution is -2.27. The van der Waals surface area contributed by atoms with Gasteiger partial charge in [-0.15, -0.1) is 0 Å². The Morgan fingerprint density at radius 3 is 2.44 bits per heavy atom. The SMILES string of the molecule is C=CCOc1ccc(/C=C2\SC(=S)N(c3ccc(C(C)=O)cc3)C2=O)cc1. The van der Waals surface area contributed by atoms with Crippen LogP contribution in [0, 0.1) is 0 Å². The quantitative estimate of drug-likeness (QED) is 0.303. The molecule has 1 aliphatic heterocycles. The average Bonchev–Trinajstić information content (AvgIpc) is 2.94. The van der Waals surface area contributed by atoms with E-state index in [9.17, 15) is 9.59 Å². The van der Waals surface area contributed by atoms with Crippen molar-refractivity contribution < 1.29 is 14.3 Å². The summed E-state index contributed by atoms with van der Waals surface area (Å²) in [6, 6.07) is 14.3. The number of hydrogen-bond donors (Lipinski definition) is 0. The van der Waals surface area contributed by atoms with Gasteiger partial charge in [-0.3, -0.25) is 14.5 Å². The minimum absolute atomic E-state index is 0.0210. The van der Waals surface area contributed by atoms with Gasteiger partial charge >= 0.3 is 0 Å². The Kier molecular flexibility index (Phi) is 5.88. The van der Waals surface area contributed by atoms with Gasteiger partial charge in [-0.1, -0.05) is 48.8 Å². The van der Waals surface area contributed by atoms with Crippen LogP contribution in [-0.2, 0) is 4.79 Å². The van der Waals surface area contributed by atoms with Gasteiger partial charge in [0.25, 0.3) is 5.91 Å². The smallest absolute Gasteiger partial charge is 0.270 e. The molecule has 1 fully saturated rings. The van der Waals surface area contributed by atoms with E-state index in [2.05, 4.69) is 6.58 Å². The molecule has 0 aromatic heterocycles. The maximum atomic E-state index is 12.8. The predicted molar refractivity (Wildman–Crippen MR) is 114 cm³/mol. The fourth-order valence-corrected chi connectivity index (χ4v) is 3.80. The number of nitrogens with zero attached hydrogens (tertiary/aromatic N) is 1. The Morgan fingerprint density at radius 2 is 1.85 bits per heavy atom. The zero-order valence-corrected chi connectivity index (χ0v) is 16.3. The summed E-state index contributed by atoms with van der Waals surface area (Å²) in [6.07, 6.45) is 3.49. The second-order valence-corrected chi connectivity index (χ2v) is 7.46. The van der Waals surface area contributed by atoms with Gasteiger partial charge in [-0.25, -0.2) is 0 Å². The van der Waals surface area contributed by atoms with E-state index in [1.54, 1.807) is 36.4 Å². The van der Waals surface area contributed by atoms with Crippen LogP contribution in [-0.4, -0.2) is 22.6 Å². The predicted octanol–water partition coefficient (Wildman–Crippen LogP) is 4.86. The Labute approximate surface area is 167 Å². The number of ketones is 1.